The second kappa shape index (κ2) is 10.6. The lowest BCUT2D eigenvalue weighted by Crippen LogP contribution is -2.30. The van der Waals surface area contributed by atoms with E-state index in [0.29, 0.717) is 58.6 Å². The molecule has 0 spiro atoms. The number of para-hydroxylation sites is 1. The fraction of sp³-hybridized carbons (Fsp3) is 0.219. The van der Waals surface area contributed by atoms with Crippen molar-refractivity contribution in [1.29, 1.82) is 0 Å². The van der Waals surface area contributed by atoms with Crippen molar-refractivity contribution in [2.75, 3.05) is 12.4 Å². The highest BCUT2D eigenvalue weighted by Crippen LogP contribution is 2.33. The monoisotopic (exact) mass is 552 g/mol. The van der Waals surface area contributed by atoms with Crippen molar-refractivity contribution in [3.8, 4) is 22.9 Å². The number of halogens is 1. The number of aromatic nitrogens is 3. The maximum Gasteiger partial charge on any atom is 0.284 e. The number of fused-ring (bicyclic) bond motifs is 2. The molecule has 0 aliphatic carbocycles. The number of pyridine rings is 1. The van der Waals surface area contributed by atoms with Gasteiger partial charge in [0, 0.05) is 35.9 Å². The summed E-state index contributed by atoms with van der Waals surface area (Å²) >= 11 is 0. The number of carbonyl (C=O) groups is 1. The van der Waals surface area contributed by atoms with Gasteiger partial charge in [0.15, 0.2) is 11.6 Å². The zero-order valence-corrected chi connectivity index (χ0v) is 22.9. The van der Waals surface area contributed by atoms with Gasteiger partial charge in [-0.3, -0.25) is 19.3 Å². The van der Waals surface area contributed by atoms with Gasteiger partial charge in [-0.15, -0.1) is 0 Å². The van der Waals surface area contributed by atoms with E-state index in [-0.39, 0.29) is 17.0 Å². The van der Waals surface area contributed by atoms with Crippen molar-refractivity contribution in [2.45, 2.75) is 26.8 Å². The third kappa shape index (κ3) is 4.84. The van der Waals surface area contributed by atoms with Crippen LogP contribution in [0, 0.1) is 17.7 Å². The number of nitrogens with zero attached hydrogens (tertiary/aromatic N) is 3. The number of methoxy groups -OCH3 is 1. The summed E-state index contributed by atoms with van der Waals surface area (Å²) in [4.78, 5) is 31.5. The van der Waals surface area contributed by atoms with E-state index in [4.69, 9.17) is 9.47 Å². The first-order valence-electron chi connectivity index (χ1n) is 13.5. The average Bonchev–Trinajstić information content (AvgIpc) is 3.25. The maximum atomic E-state index is 15.2. The van der Waals surface area contributed by atoms with E-state index >= 15 is 4.39 Å². The van der Waals surface area contributed by atoms with Crippen LogP contribution in [0.25, 0.3) is 16.6 Å². The third-order valence-corrected chi connectivity index (χ3v) is 7.74. The summed E-state index contributed by atoms with van der Waals surface area (Å²) in [6, 6.07) is 20.4. The summed E-state index contributed by atoms with van der Waals surface area (Å²) in [5.41, 5.74) is 1.91. The fourth-order valence-electron chi connectivity index (χ4n) is 5.29. The summed E-state index contributed by atoms with van der Waals surface area (Å²) in [6.07, 6.45) is 2.16. The molecule has 3 heterocycles. The predicted molar refractivity (Wildman–Crippen MR) is 155 cm³/mol. The number of ether oxygens (including phenoxy) is 2. The van der Waals surface area contributed by atoms with Crippen LogP contribution in [0.5, 0.6) is 17.2 Å². The summed E-state index contributed by atoms with van der Waals surface area (Å²) < 4.78 is 29.8. The van der Waals surface area contributed by atoms with Gasteiger partial charge in [0.25, 0.3) is 11.5 Å². The van der Waals surface area contributed by atoms with Crippen LogP contribution in [0.15, 0.2) is 83.8 Å². The average molecular weight is 553 g/mol. The molecule has 1 N–H and O–H groups in total. The van der Waals surface area contributed by atoms with E-state index < -0.39 is 17.3 Å². The van der Waals surface area contributed by atoms with Crippen molar-refractivity contribution in [2.24, 2.45) is 11.8 Å². The van der Waals surface area contributed by atoms with Gasteiger partial charge in [-0.2, -0.15) is 0 Å². The number of hydrogen-bond donors (Lipinski definition) is 1. The number of anilines is 1. The molecule has 2 atom stereocenters. The molecule has 8 nitrogen and oxygen atoms in total. The Labute approximate surface area is 236 Å². The summed E-state index contributed by atoms with van der Waals surface area (Å²) in [5.74, 6) is 0.465. The van der Waals surface area contributed by atoms with Crippen LogP contribution in [-0.4, -0.2) is 27.4 Å². The predicted octanol–water partition coefficient (Wildman–Crippen LogP) is 6.21. The molecular formula is C32H29FN4O4. The Morgan fingerprint density at radius 2 is 1.80 bits per heavy atom. The topological polar surface area (TPSA) is 87.4 Å². The number of rotatable bonds is 6. The Bertz CT molecular complexity index is 1830. The molecule has 208 valence electrons. The second-order valence-corrected chi connectivity index (χ2v) is 10.4. The fourth-order valence-corrected chi connectivity index (χ4v) is 5.29. The minimum Gasteiger partial charge on any atom is -0.497 e. The van der Waals surface area contributed by atoms with Crippen LogP contribution in [-0.2, 0) is 13.0 Å². The van der Waals surface area contributed by atoms with Crippen LogP contribution in [0.1, 0.15) is 29.9 Å². The Morgan fingerprint density at radius 3 is 2.56 bits per heavy atom. The Hall–Kier alpha value is -4.92. The van der Waals surface area contributed by atoms with E-state index in [1.165, 1.54) is 12.1 Å². The molecule has 0 radical (unpaired) electrons. The van der Waals surface area contributed by atoms with Gasteiger partial charge in [-0.05, 0) is 60.7 Å². The van der Waals surface area contributed by atoms with Crippen LogP contribution in [0.2, 0.25) is 0 Å². The van der Waals surface area contributed by atoms with E-state index in [9.17, 15) is 9.59 Å². The molecule has 2 aromatic heterocycles. The summed E-state index contributed by atoms with van der Waals surface area (Å²) in [7, 11) is 1.57. The van der Waals surface area contributed by atoms with Crippen molar-refractivity contribution >= 4 is 22.5 Å². The molecule has 1 aliphatic heterocycles. The Balaban J connectivity index is 1.29. The van der Waals surface area contributed by atoms with Crippen LogP contribution < -0.4 is 20.3 Å². The van der Waals surface area contributed by atoms with Gasteiger partial charge >= 0.3 is 0 Å². The van der Waals surface area contributed by atoms with Gasteiger partial charge in [0.2, 0.25) is 0 Å². The van der Waals surface area contributed by atoms with Crippen LogP contribution in [0.3, 0.4) is 0 Å². The first kappa shape index (κ1) is 26.3. The summed E-state index contributed by atoms with van der Waals surface area (Å²) in [6.45, 7) is 4.88. The molecule has 5 aromatic rings. The molecule has 1 amide bonds. The van der Waals surface area contributed by atoms with Crippen molar-refractivity contribution < 1.29 is 18.7 Å². The molecule has 1 unspecified atom stereocenters. The lowest BCUT2D eigenvalue weighted by Gasteiger charge is -2.29. The largest absolute Gasteiger partial charge is 0.497 e. The second-order valence-electron chi connectivity index (χ2n) is 10.4. The Morgan fingerprint density at radius 1 is 1.00 bits per heavy atom. The molecule has 0 saturated carbocycles. The smallest absolute Gasteiger partial charge is 0.284 e. The van der Waals surface area contributed by atoms with E-state index in [2.05, 4.69) is 24.1 Å². The first-order valence-corrected chi connectivity index (χ1v) is 13.5. The van der Waals surface area contributed by atoms with Gasteiger partial charge in [0.05, 0.1) is 24.0 Å². The SMILES string of the molecule is COc1ccc2c(Oc3ccc(NC(=O)c4c5n(n(-c6ccccc6)c4=O)C[C@H](C)C(C)C5)cc3F)ccnc2c1. The van der Waals surface area contributed by atoms with Gasteiger partial charge in [-0.1, -0.05) is 32.0 Å². The maximum absolute atomic E-state index is 15.2. The number of nitrogens with one attached hydrogen (secondary N) is 1. The zero-order chi connectivity index (χ0) is 28.7. The number of amides is 1. The third-order valence-electron chi connectivity index (χ3n) is 7.74. The highest BCUT2D eigenvalue weighted by Gasteiger charge is 2.32. The molecule has 3 aromatic carbocycles. The molecule has 0 fully saturated rings. The van der Waals surface area contributed by atoms with E-state index in [0.717, 1.165) is 0 Å². The van der Waals surface area contributed by atoms with Crippen molar-refractivity contribution in [3.05, 3.63) is 106 Å². The Kier molecular flexibility index (Phi) is 6.78. The van der Waals surface area contributed by atoms with E-state index in [1.54, 1.807) is 48.3 Å². The highest BCUT2D eigenvalue weighted by atomic mass is 19.1. The standard InChI is InChI=1S/C32H29FN4O4/c1-19-15-27-30(32(39)37(36(27)18-20(19)2)22-7-5-4-6-8-22)31(38)35-21-9-12-29(25(33)16-21)41-28-13-14-34-26-17-23(40-3)10-11-24(26)28/h4-14,16-17,19-20H,15,18H2,1-3H3,(H,35,38)/t19?,20-/m0/s1. The quantitative estimate of drug-likeness (QED) is 0.271. The normalized spacial score (nSPS) is 16.3. The number of benzene rings is 3. The van der Waals surface area contributed by atoms with Gasteiger partial charge < -0.3 is 14.8 Å². The minimum absolute atomic E-state index is 0.0122. The zero-order valence-electron chi connectivity index (χ0n) is 22.9. The lowest BCUT2D eigenvalue weighted by atomic mass is 9.87. The molecule has 41 heavy (non-hydrogen) atoms. The van der Waals surface area contributed by atoms with Crippen LogP contribution >= 0.6 is 0 Å². The molecular weight excluding hydrogens is 523 g/mol. The van der Waals surface area contributed by atoms with Gasteiger partial charge in [-0.25, -0.2) is 9.07 Å². The number of hydrogen-bond acceptors (Lipinski definition) is 5. The summed E-state index contributed by atoms with van der Waals surface area (Å²) in [5, 5.41) is 3.43. The van der Waals surface area contributed by atoms with Gasteiger partial charge in [0.1, 0.15) is 17.1 Å². The van der Waals surface area contributed by atoms with Crippen LogP contribution in [0.4, 0.5) is 10.1 Å². The molecule has 0 saturated heterocycles. The number of carbonyl (C=O) groups excluding carboxylic acids is 1. The molecule has 0 bridgehead atoms. The molecule has 1 aliphatic rings. The molecule has 6 rings (SSSR count). The van der Waals surface area contributed by atoms with Crippen molar-refractivity contribution in [3.63, 3.8) is 0 Å². The first-order chi connectivity index (χ1) is 19.8. The highest BCUT2D eigenvalue weighted by molar-refractivity contribution is 6.05. The molecule has 9 heteroatoms. The lowest BCUT2D eigenvalue weighted by molar-refractivity contribution is 0.102. The van der Waals surface area contributed by atoms with Crippen molar-refractivity contribution in [1.82, 2.24) is 14.3 Å². The minimum atomic E-state index is -0.663. The van der Waals surface area contributed by atoms with E-state index in [1.807, 2.05) is 35.0 Å².